The number of hydrogen-bond donors (Lipinski definition) is 0. The van der Waals surface area contributed by atoms with E-state index in [4.69, 9.17) is 4.74 Å². The Kier molecular flexibility index (Phi) is 2.77. The third-order valence-corrected chi connectivity index (χ3v) is 4.07. The van der Waals surface area contributed by atoms with Gasteiger partial charge in [-0.1, -0.05) is 17.8 Å². The molecule has 18 heavy (non-hydrogen) atoms. The number of ether oxygens (including phenoxy) is 1. The van der Waals surface area contributed by atoms with Gasteiger partial charge >= 0.3 is 5.97 Å². The summed E-state index contributed by atoms with van der Waals surface area (Å²) in [6, 6.07) is -0.404. The minimum absolute atomic E-state index is 0.123. The Labute approximate surface area is 108 Å². The number of carbonyl (C=O) groups is 2. The van der Waals surface area contributed by atoms with Crippen LogP contribution in [0.15, 0.2) is 0 Å². The fourth-order valence-electron chi connectivity index (χ4n) is 2.48. The number of aryl methyl sites for hydroxylation is 1. The number of hydrogen-bond acceptors (Lipinski definition) is 6. The van der Waals surface area contributed by atoms with Gasteiger partial charge in [0.2, 0.25) is 0 Å². The van der Waals surface area contributed by atoms with Crippen LogP contribution in [0.5, 0.6) is 0 Å². The third kappa shape index (κ3) is 1.69. The van der Waals surface area contributed by atoms with Crippen molar-refractivity contribution in [1.29, 1.82) is 0 Å². The summed E-state index contributed by atoms with van der Waals surface area (Å²) >= 11 is 1.11. The van der Waals surface area contributed by atoms with E-state index >= 15 is 0 Å². The normalized spacial score (nSPS) is 25.6. The number of carbonyl (C=O) groups excluding carboxylic acids is 2. The number of morpholine rings is 1. The summed E-state index contributed by atoms with van der Waals surface area (Å²) in [4.78, 5) is 26.0. The zero-order valence-corrected chi connectivity index (χ0v) is 10.8. The highest BCUT2D eigenvalue weighted by Crippen LogP contribution is 2.31. The van der Waals surface area contributed by atoms with Crippen molar-refractivity contribution in [1.82, 2.24) is 14.5 Å². The van der Waals surface area contributed by atoms with E-state index < -0.39 is 6.04 Å². The van der Waals surface area contributed by atoms with Crippen LogP contribution in [-0.2, 0) is 16.0 Å². The largest absolute Gasteiger partial charge is 0.459 e. The average Bonchev–Trinajstić information content (AvgIpc) is 3.02. The number of aromatic nitrogens is 2. The number of esters is 1. The monoisotopic (exact) mass is 267 g/mol. The highest BCUT2D eigenvalue weighted by Gasteiger charge is 2.49. The van der Waals surface area contributed by atoms with Gasteiger partial charge in [-0.3, -0.25) is 4.79 Å². The summed E-state index contributed by atoms with van der Waals surface area (Å²) in [6.45, 7) is 2.53. The topological polar surface area (TPSA) is 72.4 Å². The fourth-order valence-corrected chi connectivity index (χ4v) is 3.14. The van der Waals surface area contributed by atoms with Crippen molar-refractivity contribution >= 4 is 23.4 Å². The van der Waals surface area contributed by atoms with Crippen molar-refractivity contribution in [3.63, 3.8) is 0 Å². The van der Waals surface area contributed by atoms with Crippen LogP contribution in [-0.4, -0.2) is 45.1 Å². The molecule has 1 amide bonds. The van der Waals surface area contributed by atoms with E-state index in [2.05, 4.69) is 9.59 Å². The quantitative estimate of drug-likeness (QED) is 0.751. The first-order valence-electron chi connectivity index (χ1n) is 6.03. The molecule has 1 aromatic heterocycles. The lowest BCUT2D eigenvalue weighted by Crippen LogP contribution is -2.44. The van der Waals surface area contributed by atoms with Gasteiger partial charge in [-0.15, -0.1) is 5.10 Å². The second kappa shape index (κ2) is 4.31. The van der Waals surface area contributed by atoms with E-state index in [0.29, 0.717) is 17.8 Å². The summed E-state index contributed by atoms with van der Waals surface area (Å²) < 4.78 is 8.92. The van der Waals surface area contributed by atoms with Crippen LogP contribution in [0.4, 0.5) is 0 Å². The predicted octanol–water partition coefficient (Wildman–Crippen LogP) is 0.631. The van der Waals surface area contributed by atoms with Gasteiger partial charge in [-0.25, -0.2) is 4.79 Å². The van der Waals surface area contributed by atoms with Crippen LogP contribution in [0.1, 0.15) is 35.1 Å². The Morgan fingerprint density at radius 3 is 3.11 bits per heavy atom. The van der Waals surface area contributed by atoms with E-state index in [1.807, 2.05) is 6.92 Å². The van der Waals surface area contributed by atoms with Gasteiger partial charge < -0.3 is 9.64 Å². The molecule has 0 radical (unpaired) electrons. The molecule has 0 N–H and O–H groups in total. The molecule has 3 rings (SSSR count). The molecular formula is C11H13N3O3S. The smallest absolute Gasteiger partial charge is 0.329 e. The molecule has 2 bridgehead atoms. The van der Waals surface area contributed by atoms with E-state index in [-0.39, 0.29) is 18.0 Å². The van der Waals surface area contributed by atoms with E-state index in [1.165, 1.54) is 0 Å². The van der Waals surface area contributed by atoms with Gasteiger partial charge in [0, 0.05) is 6.42 Å². The second-order valence-corrected chi connectivity index (χ2v) is 5.32. The SMILES string of the molecule is CCCc1nnsc1C(=O)N1C[C@H]2C[C@H]1C(=O)O2. The molecular weight excluding hydrogens is 254 g/mol. The number of fused-ring (bicyclic) bond motifs is 2. The van der Waals surface area contributed by atoms with Gasteiger partial charge in [0.15, 0.2) is 0 Å². The minimum atomic E-state index is -0.404. The highest BCUT2D eigenvalue weighted by molar-refractivity contribution is 7.08. The van der Waals surface area contributed by atoms with Crippen LogP contribution in [0, 0.1) is 0 Å². The number of likely N-dealkylation sites (tertiary alicyclic amines) is 1. The van der Waals surface area contributed by atoms with Crippen molar-refractivity contribution in [2.24, 2.45) is 0 Å². The molecule has 2 aliphatic heterocycles. The lowest BCUT2D eigenvalue weighted by Gasteiger charge is -2.25. The van der Waals surface area contributed by atoms with Crippen molar-refractivity contribution in [2.45, 2.75) is 38.3 Å². The Balaban J connectivity index is 1.83. The van der Waals surface area contributed by atoms with Crippen molar-refractivity contribution in [3.8, 4) is 0 Å². The Hall–Kier alpha value is -1.50. The van der Waals surface area contributed by atoms with Gasteiger partial charge in [-0.2, -0.15) is 0 Å². The first-order valence-corrected chi connectivity index (χ1v) is 6.80. The predicted molar refractivity (Wildman–Crippen MR) is 63.2 cm³/mol. The molecule has 0 saturated carbocycles. The molecule has 2 aliphatic rings. The van der Waals surface area contributed by atoms with Gasteiger partial charge in [0.05, 0.1) is 12.2 Å². The van der Waals surface area contributed by atoms with Crippen LogP contribution < -0.4 is 0 Å². The first-order chi connectivity index (χ1) is 8.70. The molecule has 2 fully saturated rings. The summed E-state index contributed by atoms with van der Waals surface area (Å²) in [5.74, 6) is -0.410. The summed E-state index contributed by atoms with van der Waals surface area (Å²) in [6.07, 6.45) is 2.16. The van der Waals surface area contributed by atoms with Crippen molar-refractivity contribution in [3.05, 3.63) is 10.6 Å². The molecule has 1 aromatic rings. The summed E-state index contributed by atoms with van der Waals surface area (Å²) in [5, 5.41) is 3.98. The maximum Gasteiger partial charge on any atom is 0.329 e. The molecule has 0 aliphatic carbocycles. The molecule has 6 nitrogen and oxygen atoms in total. The van der Waals surface area contributed by atoms with E-state index in [0.717, 1.165) is 30.1 Å². The fraction of sp³-hybridized carbons (Fsp3) is 0.636. The lowest BCUT2D eigenvalue weighted by molar-refractivity contribution is -0.149. The highest BCUT2D eigenvalue weighted by atomic mass is 32.1. The maximum absolute atomic E-state index is 12.4. The number of nitrogens with zero attached hydrogens (tertiary/aromatic N) is 3. The number of rotatable bonds is 3. The molecule has 2 atom stereocenters. The third-order valence-electron chi connectivity index (χ3n) is 3.32. The molecule has 0 spiro atoms. The maximum atomic E-state index is 12.4. The van der Waals surface area contributed by atoms with Crippen LogP contribution in [0.3, 0.4) is 0 Å². The molecule has 2 saturated heterocycles. The second-order valence-electron chi connectivity index (χ2n) is 4.57. The van der Waals surface area contributed by atoms with E-state index in [1.54, 1.807) is 4.90 Å². The zero-order chi connectivity index (χ0) is 12.7. The molecule has 3 heterocycles. The van der Waals surface area contributed by atoms with Crippen molar-refractivity contribution in [2.75, 3.05) is 6.54 Å². The average molecular weight is 267 g/mol. The van der Waals surface area contributed by atoms with Gasteiger partial charge in [0.1, 0.15) is 17.0 Å². The number of amides is 1. The Morgan fingerprint density at radius 2 is 2.44 bits per heavy atom. The zero-order valence-electron chi connectivity index (χ0n) is 9.96. The minimum Gasteiger partial charge on any atom is -0.459 e. The molecule has 7 heteroatoms. The van der Waals surface area contributed by atoms with Gasteiger partial charge in [-0.05, 0) is 18.0 Å². The first kappa shape index (κ1) is 11.6. The lowest BCUT2D eigenvalue weighted by atomic mass is 10.2. The Morgan fingerprint density at radius 1 is 1.61 bits per heavy atom. The van der Waals surface area contributed by atoms with Crippen LogP contribution >= 0.6 is 11.5 Å². The summed E-state index contributed by atoms with van der Waals surface area (Å²) in [5.41, 5.74) is 0.739. The summed E-state index contributed by atoms with van der Waals surface area (Å²) in [7, 11) is 0. The molecule has 96 valence electrons. The molecule has 0 aromatic carbocycles. The van der Waals surface area contributed by atoms with Crippen LogP contribution in [0.2, 0.25) is 0 Å². The van der Waals surface area contributed by atoms with Crippen molar-refractivity contribution < 1.29 is 14.3 Å². The van der Waals surface area contributed by atoms with Crippen LogP contribution in [0.25, 0.3) is 0 Å². The van der Waals surface area contributed by atoms with E-state index in [9.17, 15) is 9.59 Å². The van der Waals surface area contributed by atoms with Gasteiger partial charge in [0.25, 0.3) is 5.91 Å². The standard InChI is InChI=1S/C11H13N3O3S/c1-2-3-7-9(18-13-12-7)10(15)14-5-6-4-8(14)11(16)17-6/h6,8H,2-5H2,1H3/t6-,8+/m1/s1. The molecule has 0 unspecified atom stereocenters. The Bertz CT molecular complexity index is 501.